The SMILES string of the molecule is C(=C\c1ccccc1)/CN1CCN(Cc2nc(COc3ccccc3)no2)CC1. The lowest BCUT2D eigenvalue weighted by Crippen LogP contribution is -2.45. The standard InChI is InChI=1S/C23H26N4O2/c1-3-8-20(9-4-1)10-7-13-26-14-16-27(17-15-26)18-23-24-22(25-29-23)19-28-21-11-5-2-6-12-21/h1-12H,13-19H2/b10-7+. The summed E-state index contributed by atoms with van der Waals surface area (Å²) < 4.78 is 11.1. The van der Waals surface area contributed by atoms with Crippen LogP contribution in [0.25, 0.3) is 6.08 Å². The van der Waals surface area contributed by atoms with Crippen LogP contribution in [0.2, 0.25) is 0 Å². The van der Waals surface area contributed by atoms with E-state index in [1.165, 1.54) is 5.56 Å². The van der Waals surface area contributed by atoms with Crippen LogP contribution in [0.4, 0.5) is 0 Å². The second-order valence-electron chi connectivity index (χ2n) is 7.10. The highest BCUT2D eigenvalue weighted by atomic mass is 16.5. The van der Waals surface area contributed by atoms with Crippen molar-refractivity contribution in [2.45, 2.75) is 13.2 Å². The predicted molar refractivity (Wildman–Crippen MR) is 112 cm³/mol. The number of hydrogen-bond acceptors (Lipinski definition) is 6. The monoisotopic (exact) mass is 390 g/mol. The van der Waals surface area contributed by atoms with Crippen molar-refractivity contribution < 1.29 is 9.26 Å². The molecule has 0 spiro atoms. The fourth-order valence-corrected chi connectivity index (χ4v) is 3.30. The molecule has 0 unspecified atom stereocenters. The number of para-hydroxylation sites is 1. The average Bonchev–Trinajstić information content (AvgIpc) is 3.22. The molecule has 1 aliphatic heterocycles. The third-order valence-electron chi connectivity index (χ3n) is 4.92. The van der Waals surface area contributed by atoms with E-state index in [4.69, 9.17) is 9.26 Å². The minimum atomic E-state index is 0.315. The Morgan fingerprint density at radius 1 is 0.897 bits per heavy atom. The molecule has 0 saturated carbocycles. The van der Waals surface area contributed by atoms with Gasteiger partial charge in [0.1, 0.15) is 5.75 Å². The third-order valence-corrected chi connectivity index (χ3v) is 4.92. The summed E-state index contributed by atoms with van der Waals surface area (Å²) in [6.45, 7) is 6.05. The van der Waals surface area contributed by atoms with Crippen LogP contribution in [0.15, 0.2) is 71.3 Å². The fraction of sp³-hybridized carbons (Fsp3) is 0.304. The van der Waals surface area contributed by atoms with Gasteiger partial charge in [-0.1, -0.05) is 65.8 Å². The molecule has 6 heteroatoms. The van der Waals surface area contributed by atoms with Gasteiger partial charge in [-0.05, 0) is 17.7 Å². The van der Waals surface area contributed by atoms with Crippen molar-refractivity contribution in [1.82, 2.24) is 19.9 Å². The summed E-state index contributed by atoms with van der Waals surface area (Å²) in [6.07, 6.45) is 4.42. The van der Waals surface area contributed by atoms with Gasteiger partial charge in [0.2, 0.25) is 11.7 Å². The molecule has 0 bridgehead atoms. The zero-order chi connectivity index (χ0) is 19.7. The minimum Gasteiger partial charge on any atom is -0.485 e. The molecule has 6 nitrogen and oxygen atoms in total. The zero-order valence-electron chi connectivity index (χ0n) is 16.5. The molecule has 0 atom stereocenters. The Morgan fingerprint density at radius 3 is 2.34 bits per heavy atom. The summed E-state index contributed by atoms with van der Waals surface area (Å²) in [4.78, 5) is 9.27. The Balaban J connectivity index is 1.18. The van der Waals surface area contributed by atoms with Gasteiger partial charge in [-0.15, -0.1) is 0 Å². The van der Waals surface area contributed by atoms with Crippen molar-refractivity contribution in [1.29, 1.82) is 0 Å². The Kier molecular flexibility index (Phi) is 6.68. The number of rotatable bonds is 8. The third kappa shape index (κ3) is 6.01. The number of benzene rings is 2. The summed E-state index contributed by atoms with van der Waals surface area (Å²) in [6, 6.07) is 20.1. The second-order valence-corrected chi connectivity index (χ2v) is 7.10. The highest BCUT2D eigenvalue weighted by Crippen LogP contribution is 2.12. The maximum atomic E-state index is 5.67. The van der Waals surface area contributed by atoms with E-state index in [2.05, 4.69) is 56.4 Å². The van der Waals surface area contributed by atoms with E-state index in [1.54, 1.807) is 0 Å². The number of hydrogen-bond donors (Lipinski definition) is 0. The first-order chi connectivity index (χ1) is 14.3. The van der Waals surface area contributed by atoms with E-state index < -0.39 is 0 Å². The Labute approximate surface area is 171 Å². The lowest BCUT2D eigenvalue weighted by Gasteiger charge is -2.33. The summed E-state index contributed by atoms with van der Waals surface area (Å²) in [7, 11) is 0. The summed E-state index contributed by atoms with van der Waals surface area (Å²) in [5, 5.41) is 4.02. The van der Waals surface area contributed by atoms with E-state index >= 15 is 0 Å². The molecule has 2 heterocycles. The van der Waals surface area contributed by atoms with Gasteiger partial charge >= 0.3 is 0 Å². The first-order valence-corrected chi connectivity index (χ1v) is 10.0. The molecule has 29 heavy (non-hydrogen) atoms. The summed E-state index contributed by atoms with van der Waals surface area (Å²) in [5.74, 6) is 2.03. The van der Waals surface area contributed by atoms with Gasteiger partial charge in [-0.3, -0.25) is 9.80 Å². The quantitative estimate of drug-likeness (QED) is 0.587. The van der Waals surface area contributed by atoms with Gasteiger partial charge in [0.25, 0.3) is 0 Å². The highest BCUT2D eigenvalue weighted by molar-refractivity contribution is 5.48. The van der Waals surface area contributed by atoms with Gasteiger partial charge in [0.15, 0.2) is 6.61 Å². The van der Waals surface area contributed by atoms with Crippen LogP contribution in [0.3, 0.4) is 0 Å². The maximum Gasteiger partial charge on any atom is 0.240 e. The second kappa shape index (κ2) is 10.0. The molecule has 3 aromatic rings. The van der Waals surface area contributed by atoms with Crippen LogP contribution < -0.4 is 4.74 Å². The van der Waals surface area contributed by atoms with Crippen molar-refractivity contribution in [2.24, 2.45) is 0 Å². The van der Waals surface area contributed by atoms with Gasteiger partial charge < -0.3 is 9.26 Å². The van der Waals surface area contributed by atoms with Gasteiger partial charge in [-0.25, -0.2) is 0 Å². The predicted octanol–water partition coefficient (Wildman–Crippen LogP) is 3.48. The molecule has 4 rings (SSSR count). The molecular weight excluding hydrogens is 364 g/mol. The number of aromatic nitrogens is 2. The van der Waals surface area contributed by atoms with Crippen LogP contribution >= 0.6 is 0 Å². The average molecular weight is 390 g/mol. The first-order valence-electron chi connectivity index (χ1n) is 10.0. The first kappa shape index (κ1) is 19.4. The Hall–Kier alpha value is -2.96. The topological polar surface area (TPSA) is 54.6 Å². The molecule has 2 aromatic carbocycles. The molecule has 0 radical (unpaired) electrons. The number of nitrogens with zero attached hydrogens (tertiary/aromatic N) is 4. The van der Waals surface area contributed by atoms with Crippen LogP contribution in [-0.4, -0.2) is 52.7 Å². The van der Waals surface area contributed by atoms with Crippen LogP contribution in [-0.2, 0) is 13.2 Å². The lowest BCUT2D eigenvalue weighted by molar-refractivity contribution is 0.125. The van der Waals surface area contributed by atoms with Crippen molar-refractivity contribution in [3.8, 4) is 5.75 Å². The molecule has 0 N–H and O–H groups in total. The van der Waals surface area contributed by atoms with E-state index in [0.29, 0.717) is 24.9 Å². The smallest absolute Gasteiger partial charge is 0.240 e. The van der Waals surface area contributed by atoms with Crippen LogP contribution in [0.1, 0.15) is 17.3 Å². The summed E-state index contributed by atoms with van der Waals surface area (Å²) in [5.41, 5.74) is 1.24. The molecule has 0 amide bonds. The van der Waals surface area contributed by atoms with Crippen molar-refractivity contribution in [2.75, 3.05) is 32.7 Å². The summed E-state index contributed by atoms with van der Waals surface area (Å²) >= 11 is 0. The fourth-order valence-electron chi connectivity index (χ4n) is 3.30. The number of piperazine rings is 1. The normalized spacial score (nSPS) is 15.7. The molecule has 1 saturated heterocycles. The molecule has 1 aromatic heterocycles. The molecule has 150 valence electrons. The van der Waals surface area contributed by atoms with Gasteiger partial charge in [-0.2, -0.15) is 4.98 Å². The molecule has 0 aliphatic carbocycles. The Bertz CT molecular complexity index is 888. The van der Waals surface area contributed by atoms with E-state index in [0.717, 1.165) is 38.5 Å². The van der Waals surface area contributed by atoms with E-state index in [-0.39, 0.29) is 0 Å². The largest absolute Gasteiger partial charge is 0.485 e. The van der Waals surface area contributed by atoms with Crippen LogP contribution in [0.5, 0.6) is 5.75 Å². The van der Waals surface area contributed by atoms with Crippen LogP contribution in [0, 0.1) is 0 Å². The van der Waals surface area contributed by atoms with Gasteiger partial charge in [0.05, 0.1) is 6.54 Å². The molecular formula is C23H26N4O2. The lowest BCUT2D eigenvalue weighted by atomic mass is 10.2. The maximum absolute atomic E-state index is 5.67. The van der Waals surface area contributed by atoms with Crippen molar-refractivity contribution >= 4 is 6.08 Å². The number of ether oxygens (including phenoxy) is 1. The van der Waals surface area contributed by atoms with Crippen molar-refractivity contribution in [3.63, 3.8) is 0 Å². The van der Waals surface area contributed by atoms with E-state index in [9.17, 15) is 0 Å². The van der Waals surface area contributed by atoms with Gasteiger partial charge in [0, 0.05) is 32.7 Å². The van der Waals surface area contributed by atoms with Crippen molar-refractivity contribution in [3.05, 3.63) is 84.0 Å². The molecule has 1 fully saturated rings. The zero-order valence-corrected chi connectivity index (χ0v) is 16.5. The minimum absolute atomic E-state index is 0.315. The van der Waals surface area contributed by atoms with E-state index in [1.807, 2.05) is 36.4 Å². The molecule has 1 aliphatic rings. The Morgan fingerprint density at radius 2 is 1.59 bits per heavy atom. The highest BCUT2D eigenvalue weighted by Gasteiger charge is 2.18.